The third kappa shape index (κ3) is 4.02. The second-order valence-electron chi connectivity index (χ2n) is 6.28. The molecule has 6 heteroatoms. The lowest BCUT2D eigenvalue weighted by molar-refractivity contribution is 0.101. The highest BCUT2D eigenvalue weighted by Crippen LogP contribution is 2.21. The van der Waals surface area contributed by atoms with Crippen molar-refractivity contribution < 1.29 is 0 Å². The Morgan fingerprint density at radius 2 is 2.24 bits per heavy atom. The minimum atomic E-state index is 0.809. The number of piperazine rings is 1. The van der Waals surface area contributed by atoms with Crippen LogP contribution in [0, 0.1) is 0 Å². The Morgan fingerprint density at radius 3 is 3.14 bits per heavy atom. The van der Waals surface area contributed by atoms with Crippen molar-refractivity contribution in [2.45, 2.75) is 45.3 Å². The number of fused-ring (bicyclic) bond motifs is 1. The van der Waals surface area contributed by atoms with Crippen LogP contribution in [0.2, 0.25) is 0 Å². The lowest BCUT2D eigenvalue weighted by Crippen LogP contribution is -2.50. The Hall–Kier alpha value is -0.980. The van der Waals surface area contributed by atoms with Crippen LogP contribution < -0.4 is 5.32 Å². The second kappa shape index (κ2) is 7.33. The van der Waals surface area contributed by atoms with Crippen LogP contribution in [0.1, 0.15) is 31.9 Å². The molecule has 1 aromatic rings. The summed E-state index contributed by atoms with van der Waals surface area (Å²) in [6.07, 6.45) is 6.00. The smallest absolute Gasteiger partial charge is 0.0964 e. The minimum Gasteiger partial charge on any atom is -0.311 e. The van der Waals surface area contributed by atoms with Gasteiger partial charge in [0.25, 0.3) is 0 Å². The van der Waals surface area contributed by atoms with E-state index in [1.165, 1.54) is 39.0 Å². The molecule has 1 unspecified atom stereocenters. The summed E-state index contributed by atoms with van der Waals surface area (Å²) in [6, 6.07) is 0.809. The maximum Gasteiger partial charge on any atom is 0.0964 e. The van der Waals surface area contributed by atoms with Crippen LogP contribution in [0.3, 0.4) is 0 Å². The number of aromatic nitrogens is 3. The highest BCUT2D eigenvalue weighted by Gasteiger charge is 2.30. The van der Waals surface area contributed by atoms with Gasteiger partial charge < -0.3 is 5.32 Å². The molecule has 3 heterocycles. The van der Waals surface area contributed by atoms with E-state index in [2.05, 4.69) is 38.5 Å². The second-order valence-corrected chi connectivity index (χ2v) is 6.28. The van der Waals surface area contributed by atoms with Crippen LogP contribution >= 0.6 is 0 Å². The Labute approximate surface area is 127 Å². The molecular formula is C15H28N6. The van der Waals surface area contributed by atoms with E-state index >= 15 is 0 Å². The molecular weight excluding hydrogens is 264 g/mol. The van der Waals surface area contributed by atoms with E-state index < -0.39 is 0 Å². The standard InChI is InChI=1S/C15H28N6/c1-2-5-16-11-14-12-21(18-17-14)10-8-19-7-9-20-6-3-4-15(20)13-19/h12,15-16H,2-11,13H2,1H3. The molecule has 118 valence electrons. The van der Waals surface area contributed by atoms with Crippen molar-refractivity contribution in [2.75, 3.05) is 39.3 Å². The number of nitrogens with zero attached hydrogens (tertiary/aromatic N) is 5. The number of hydrogen-bond donors (Lipinski definition) is 1. The van der Waals surface area contributed by atoms with Gasteiger partial charge in [0.05, 0.1) is 12.2 Å². The van der Waals surface area contributed by atoms with Gasteiger partial charge in [-0.2, -0.15) is 0 Å². The van der Waals surface area contributed by atoms with Crippen LogP contribution in [0.15, 0.2) is 6.20 Å². The van der Waals surface area contributed by atoms with Gasteiger partial charge >= 0.3 is 0 Å². The fourth-order valence-corrected chi connectivity index (χ4v) is 3.42. The van der Waals surface area contributed by atoms with Gasteiger partial charge in [-0.05, 0) is 32.4 Å². The van der Waals surface area contributed by atoms with Gasteiger partial charge in [0.15, 0.2) is 0 Å². The molecule has 0 bridgehead atoms. The highest BCUT2D eigenvalue weighted by atomic mass is 15.4. The summed E-state index contributed by atoms with van der Waals surface area (Å²) in [5.41, 5.74) is 1.05. The van der Waals surface area contributed by atoms with Gasteiger partial charge in [0.1, 0.15) is 0 Å². The molecule has 0 aromatic carbocycles. The molecule has 2 aliphatic rings. The summed E-state index contributed by atoms with van der Waals surface area (Å²) in [6.45, 7) is 11.1. The molecule has 0 radical (unpaired) electrons. The van der Waals surface area contributed by atoms with Crippen LogP contribution in [-0.2, 0) is 13.1 Å². The molecule has 21 heavy (non-hydrogen) atoms. The first kappa shape index (κ1) is 14.9. The Bertz CT molecular complexity index is 432. The van der Waals surface area contributed by atoms with Crippen molar-refractivity contribution in [1.82, 2.24) is 30.1 Å². The maximum absolute atomic E-state index is 4.24. The average molecular weight is 292 g/mol. The normalized spacial score (nSPS) is 23.6. The van der Waals surface area contributed by atoms with Gasteiger partial charge in [0, 0.05) is 45.0 Å². The summed E-state index contributed by atoms with van der Waals surface area (Å²) in [5, 5.41) is 11.8. The van der Waals surface area contributed by atoms with Crippen LogP contribution in [0.4, 0.5) is 0 Å². The summed E-state index contributed by atoms with van der Waals surface area (Å²) in [5.74, 6) is 0. The molecule has 2 fully saturated rings. The third-order valence-electron chi connectivity index (χ3n) is 4.64. The van der Waals surface area contributed by atoms with E-state index in [0.29, 0.717) is 0 Å². The minimum absolute atomic E-state index is 0.809. The Kier molecular flexibility index (Phi) is 5.22. The van der Waals surface area contributed by atoms with Gasteiger partial charge in [-0.1, -0.05) is 12.1 Å². The Balaban J connectivity index is 1.40. The fraction of sp³-hybridized carbons (Fsp3) is 0.867. The summed E-state index contributed by atoms with van der Waals surface area (Å²) >= 11 is 0. The Morgan fingerprint density at radius 1 is 1.29 bits per heavy atom. The van der Waals surface area contributed by atoms with Crippen LogP contribution in [0.25, 0.3) is 0 Å². The molecule has 2 aliphatic heterocycles. The van der Waals surface area contributed by atoms with Gasteiger partial charge in [-0.3, -0.25) is 14.5 Å². The van der Waals surface area contributed by atoms with Crippen molar-refractivity contribution in [3.63, 3.8) is 0 Å². The molecule has 1 atom stereocenters. The molecule has 3 rings (SSSR count). The van der Waals surface area contributed by atoms with Gasteiger partial charge in [-0.15, -0.1) is 5.10 Å². The maximum atomic E-state index is 4.24. The zero-order valence-corrected chi connectivity index (χ0v) is 13.2. The summed E-state index contributed by atoms with van der Waals surface area (Å²) in [7, 11) is 0. The molecule has 0 aliphatic carbocycles. The molecule has 1 N–H and O–H groups in total. The van der Waals surface area contributed by atoms with E-state index in [9.17, 15) is 0 Å². The summed E-state index contributed by atoms with van der Waals surface area (Å²) in [4.78, 5) is 5.24. The fourth-order valence-electron chi connectivity index (χ4n) is 3.42. The van der Waals surface area contributed by atoms with E-state index in [1.54, 1.807) is 0 Å². The zero-order chi connectivity index (χ0) is 14.5. The highest BCUT2D eigenvalue weighted by molar-refractivity contribution is 4.92. The molecule has 0 saturated carbocycles. The van der Waals surface area contributed by atoms with Crippen molar-refractivity contribution in [1.29, 1.82) is 0 Å². The first-order valence-corrected chi connectivity index (χ1v) is 8.41. The number of rotatable bonds is 7. The predicted octanol–water partition coefficient (Wildman–Crippen LogP) is 0.558. The first-order chi connectivity index (χ1) is 10.3. The van der Waals surface area contributed by atoms with Gasteiger partial charge in [0.2, 0.25) is 0 Å². The van der Waals surface area contributed by atoms with Crippen LogP contribution in [-0.4, -0.2) is 70.1 Å². The quantitative estimate of drug-likeness (QED) is 0.744. The average Bonchev–Trinajstić information content (AvgIpc) is 3.13. The largest absolute Gasteiger partial charge is 0.311 e. The van der Waals surface area contributed by atoms with Crippen molar-refractivity contribution in [3.05, 3.63) is 11.9 Å². The molecule has 2 saturated heterocycles. The lowest BCUT2D eigenvalue weighted by Gasteiger charge is -2.37. The van der Waals surface area contributed by atoms with Crippen molar-refractivity contribution >= 4 is 0 Å². The molecule has 6 nitrogen and oxygen atoms in total. The van der Waals surface area contributed by atoms with Crippen molar-refractivity contribution in [2.24, 2.45) is 0 Å². The summed E-state index contributed by atoms with van der Waals surface area (Å²) < 4.78 is 1.99. The van der Waals surface area contributed by atoms with Gasteiger partial charge in [-0.25, -0.2) is 0 Å². The SMILES string of the molecule is CCCNCc1cn(CCN2CCN3CCCC3C2)nn1. The zero-order valence-electron chi connectivity index (χ0n) is 13.2. The van der Waals surface area contributed by atoms with Crippen LogP contribution in [0.5, 0.6) is 0 Å². The van der Waals surface area contributed by atoms with E-state index in [0.717, 1.165) is 44.3 Å². The molecule has 1 aromatic heterocycles. The topological polar surface area (TPSA) is 49.2 Å². The molecule has 0 amide bonds. The monoisotopic (exact) mass is 292 g/mol. The van der Waals surface area contributed by atoms with E-state index in [1.807, 2.05) is 4.68 Å². The third-order valence-corrected chi connectivity index (χ3v) is 4.64. The first-order valence-electron chi connectivity index (χ1n) is 8.41. The number of nitrogens with one attached hydrogen (secondary N) is 1. The van der Waals surface area contributed by atoms with Crippen molar-refractivity contribution in [3.8, 4) is 0 Å². The lowest BCUT2D eigenvalue weighted by atomic mass is 10.1. The van der Waals surface area contributed by atoms with E-state index in [-0.39, 0.29) is 0 Å². The molecule has 0 spiro atoms. The predicted molar refractivity (Wildman–Crippen MR) is 83.1 cm³/mol. The van der Waals surface area contributed by atoms with E-state index in [4.69, 9.17) is 0 Å². The number of hydrogen-bond acceptors (Lipinski definition) is 5.